The van der Waals surface area contributed by atoms with Gasteiger partial charge in [0.2, 0.25) is 0 Å². The Labute approximate surface area is 119 Å². The van der Waals surface area contributed by atoms with Gasteiger partial charge in [-0.2, -0.15) is 0 Å². The molecule has 2 aromatic heterocycles. The second-order valence-electron chi connectivity index (χ2n) is 4.02. The van der Waals surface area contributed by atoms with Crippen molar-refractivity contribution in [3.8, 4) is 0 Å². The van der Waals surface area contributed by atoms with Crippen molar-refractivity contribution in [2.45, 2.75) is 29.8 Å². The highest BCUT2D eigenvalue weighted by atomic mass is 79.9. The zero-order chi connectivity index (χ0) is 13.1. The molecule has 0 saturated heterocycles. The average molecular weight is 325 g/mol. The first-order valence-electron chi connectivity index (χ1n) is 5.48. The Bertz CT molecular complexity index is 560. The molecule has 0 aliphatic heterocycles. The molecule has 0 bridgehead atoms. The summed E-state index contributed by atoms with van der Waals surface area (Å²) >= 11 is 4.97. The number of rotatable bonds is 3. The predicted octanol–water partition coefficient (Wildman–Crippen LogP) is 3.49. The maximum absolute atomic E-state index is 5.92. The topological polar surface area (TPSA) is 64.7 Å². The summed E-state index contributed by atoms with van der Waals surface area (Å²) in [6.45, 7) is 4.15. The molecule has 0 spiro atoms. The molecule has 0 amide bonds. The van der Waals surface area contributed by atoms with Crippen LogP contribution >= 0.6 is 27.7 Å². The first kappa shape index (κ1) is 13.3. The van der Waals surface area contributed by atoms with Crippen molar-refractivity contribution in [3.05, 3.63) is 34.7 Å². The molecule has 2 heterocycles. The Morgan fingerprint density at radius 3 is 2.67 bits per heavy atom. The van der Waals surface area contributed by atoms with Crippen molar-refractivity contribution in [3.63, 3.8) is 0 Å². The molecule has 0 aliphatic carbocycles. The Balaban J connectivity index is 2.41. The summed E-state index contributed by atoms with van der Waals surface area (Å²) in [5.41, 5.74) is 6.89. The summed E-state index contributed by atoms with van der Waals surface area (Å²) in [5.74, 6) is 0.811. The van der Waals surface area contributed by atoms with Gasteiger partial charge >= 0.3 is 0 Å². The summed E-state index contributed by atoms with van der Waals surface area (Å²) in [6, 6.07) is 3.83. The number of hydrogen-bond acceptors (Lipinski definition) is 5. The van der Waals surface area contributed by atoms with E-state index in [4.69, 9.17) is 5.73 Å². The number of pyridine rings is 1. The minimum absolute atomic E-state index is 0.274. The van der Waals surface area contributed by atoms with Crippen molar-refractivity contribution in [2.24, 2.45) is 0 Å². The molecule has 18 heavy (non-hydrogen) atoms. The van der Waals surface area contributed by atoms with Crippen LogP contribution in [0.15, 0.2) is 39.2 Å². The van der Waals surface area contributed by atoms with E-state index in [-0.39, 0.29) is 5.92 Å². The fraction of sp³-hybridized carbons (Fsp3) is 0.250. The molecule has 2 N–H and O–H groups in total. The lowest BCUT2D eigenvalue weighted by molar-refractivity contribution is 0.808. The molecule has 0 unspecified atom stereocenters. The van der Waals surface area contributed by atoms with Crippen LogP contribution in [0.25, 0.3) is 0 Å². The van der Waals surface area contributed by atoms with Crippen LogP contribution in [-0.2, 0) is 0 Å². The van der Waals surface area contributed by atoms with Crippen LogP contribution in [-0.4, -0.2) is 15.0 Å². The van der Waals surface area contributed by atoms with Crippen molar-refractivity contribution in [2.75, 3.05) is 5.73 Å². The van der Waals surface area contributed by atoms with Crippen LogP contribution in [0.4, 0.5) is 5.82 Å². The molecule has 0 saturated carbocycles. The van der Waals surface area contributed by atoms with Gasteiger partial charge in [0.25, 0.3) is 0 Å². The first-order chi connectivity index (χ1) is 8.59. The maximum atomic E-state index is 5.92. The third-order valence-electron chi connectivity index (χ3n) is 2.37. The molecule has 2 aromatic rings. The maximum Gasteiger partial charge on any atom is 0.131 e. The number of anilines is 1. The van der Waals surface area contributed by atoms with Crippen molar-refractivity contribution in [1.29, 1.82) is 0 Å². The van der Waals surface area contributed by atoms with E-state index >= 15 is 0 Å². The monoisotopic (exact) mass is 324 g/mol. The lowest BCUT2D eigenvalue weighted by atomic mass is 10.1. The summed E-state index contributed by atoms with van der Waals surface area (Å²) < 4.78 is 0.946. The van der Waals surface area contributed by atoms with Gasteiger partial charge in [-0.05, 0) is 45.7 Å². The van der Waals surface area contributed by atoms with Crippen molar-refractivity contribution in [1.82, 2.24) is 15.0 Å². The third kappa shape index (κ3) is 2.81. The summed E-state index contributed by atoms with van der Waals surface area (Å²) in [5, 5.41) is 1.73. The average Bonchev–Trinajstić information content (AvgIpc) is 2.31. The van der Waals surface area contributed by atoms with Gasteiger partial charge in [0.05, 0.1) is 4.47 Å². The van der Waals surface area contributed by atoms with E-state index in [0.717, 1.165) is 20.1 Å². The molecule has 6 heteroatoms. The number of nitrogens with two attached hydrogens (primary N) is 1. The second kappa shape index (κ2) is 5.67. The zero-order valence-electron chi connectivity index (χ0n) is 10.1. The molecule has 94 valence electrons. The van der Waals surface area contributed by atoms with Gasteiger partial charge in [-0.1, -0.05) is 13.8 Å². The Morgan fingerprint density at radius 2 is 2.00 bits per heavy atom. The van der Waals surface area contributed by atoms with Crippen LogP contribution < -0.4 is 5.73 Å². The van der Waals surface area contributed by atoms with Crippen LogP contribution in [0.2, 0.25) is 0 Å². The van der Waals surface area contributed by atoms with Gasteiger partial charge in [-0.15, -0.1) is 0 Å². The largest absolute Gasteiger partial charge is 0.383 e. The van der Waals surface area contributed by atoms with Crippen LogP contribution in [0, 0.1) is 0 Å². The zero-order valence-corrected chi connectivity index (χ0v) is 12.5. The van der Waals surface area contributed by atoms with E-state index < -0.39 is 0 Å². The van der Waals surface area contributed by atoms with Crippen LogP contribution in [0.1, 0.15) is 25.3 Å². The number of nitrogen functional groups attached to an aromatic ring is 1. The highest BCUT2D eigenvalue weighted by molar-refractivity contribution is 9.10. The number of aromatic nitrogens is 3. The second-order valence-corrected chi connectivity index (χ2v) is 5.86. The van der Waals surface area contributed by atoms with E-state index in [9.17, 15) is 0 Å². The fourth-order valence-corrected chi connectivity index (χ4v) is 3.06. The highest BCUT2D eigenvalue weighted by Crippen LogP contribution is 2.36. The van der Waals surface area contributed by atoms with Gasteiger partial charge in [-0.3, -0.25) is 0 Å². The summed E-state index contributed by atoms with van der Waals surface area (Å²) in [7, 11) is 0. The highest BCUT2D eigenvalue weighted by Gasteiger charge is 2.15. The van der Waals surface area contributed by atoms with Gasteiger partial charge in [-0.25, -0.2) is 15.0 Å². The minimum Gasteiger partial charge on any atom is -0.383 e. The van der Waals surface area contributed by atoms with Crippen molar-refractivity contribution < 1.29 is 0 Å². The van der Waals surface area contributed by atoms with E-state index in [2.05, 4.69) is 44.7 Å². The van der Waals surface area contributed by atoms with E-state index in [0.29, 0.717) is 5.82 Å². The SMILES string of the molecule is CC(C)c1c(N)ncnc1Sc1ncccc1Br. The third-order valence-corrected chi connectivity index (χ3v) is 4.31. The Kier molecular flexibility index (Phi) is 4.19. The lowest BCUT2D eigenvalue weighted by Crippen LogP contribution is -2.03. The van der Waals surface area contributed by atoms with E-state index in [1.165, 1.54) is 18.1 Å². The number of hydrogen-bond donors (Lipinski definition) is 1. The smallest absolute Gasteiger partial charge is 0.131 e. The lowest BCUT2D eigenvalue weighted by Gasteiger charge is -2.12. The van der Waals surface area contributed by atoms with Crippen LogP contribution in [0.5, 0.6) is 0 Å². The summed E-state index contributed by atoms with van der Waals surface area (Å²) in [6.07, 6.45) is 3.24. The van der Waals surface area contributed by atoms with Crippen LogP contribution in [0.3, 0.4) is 0 Å². The first-order valence-corrected chi connectivity index (χ1v) is 7.09. The van der Waals surface area contributed by atoms with Gasteiger partial charge in [0.1, 0.15) is 22.2 Å². The Morgan fingerprint density at radius 1 is 1.22 bits per heavy atom. The number of halogens is 1. The fourth-order valence-electron chi connectivity index (χ4n) is 1.55. The van der Waals surface area contributed by atoms with Crippen molar-refractivity contribution >= 4 is 33.5 Å². The molecule has 0 radical (unpaired) electrons. The van der Waals surface area contributed by atoms with Gasteiger partial charge < -0.3 is 5.73 Å². The van der Waals surface area contributed by atoms with E-state index in [1.807, 2.05) is 12.1 Å². The quantitative estimate of drug-likeness (QED) is 0.875. The van der Waals surface area contributed by atoms with E-state index in [1.54, 1.807) is 6.20 Å². The molecular formula is C12H13BrN4S. The molecule has 0 fully saturated rings. The minimum atomic E-state index is 0.274. The number of nitrogens with zero attached hydrogens (tertiary/aromatic N) is 3. The summed E-state index contributed by atoms with van der Waals surface area (Å²) in [4.78, 5) is 12.7. The standard InChI is InChI=1S/C12H13BrN4S/c1-7(2)9-10(14)16-6-17-12(9)18-11-8(13)4-3-5-15-11/h3-7H,1-2H3,(H2,14,16,17). The normalized spacial score (nSPS) is 10.9. The van der Waals surface area contributed by atoms with Gasteiger partial charge in [0, 0.05) is 11.8 Å². The van der Waals surface area contributed by atoms with Gasteiger partial charge in [0.15, 0.2) is 0 Å². The molecule has 0 aliphatic rings. The molecule has 4 nitrogen and oxygen atoms in total. The molecule has 2 rings (SSSR count). The molecule has 0 aromatic carbocycles. The molecule has 0 atom stereocenters. The Hall–Kier alpha value is -1.14. The molecular weight excluding hydrogens is 312 g/mol. The predicted molar refractivity (Wildman–Crippen MR) is 76.6 cm³/mol.